The van der Waals surface area contributed by atoms with Crippen molar-refractivity contribution in [1.29, 1.82) is 0 Å². The molecule has 4 nitrogen and oxygen atoms in total. The number of amides is 1. The molecule has 0 fully saturated rings. The van der Waals surface area contributed by atoms with E-state index in [2.05, 4.69) is 26.2 Å². The van der Waals surface area contributed by atoms with Crippen LogP contribution in [0.25, 0.3) is 0 Å². The Balaban J connectivity index is 1.98. The van der Waals surface area contributed by atoms with E-state index in [-0.39, 0.29) is 11.7 Å². The Kier molecular flexibility index (Phi) is 4.76. The highest BCUT2D eigenvalue weighted by atomic mass is 79.9. The molecule has 0 saturated carbocycles. The van der Waals surface area contributed by atoms with Crippen LogP contribution in [-0.2, 0) is 7.05 Å². The highest BCUT2D eigenvalue weighted by molar-refractivity contribution is 9.10. The van der Waals surface area contributed by atoms with Gasteiger partial charge in [0, 0.05) is 23.9 Å². The number of imidazole rings is 1. The van der Waals surface area contributed by atoms with Crippen LogP contribution in [0.2, 0.25) is 0 Å². The molecule has 0 aliphatic heterocycles. The van der Waals surface area contributed by atoms with Gasteiger partial charge in [-0.25, -0.2) is 9.37 Å². The van der Waals surface area contributed by atoms with Gasteiger partial charge in [0.05, 0.1) is 5.56 Å². The molecule has 122 valence electrons. The molecular formula is C18H15BrFN3O. The van der Waals surface area contributed by atoms with Gasteiger partial charge in [0.1, 0.15) is 17.7 Å². The first-order valence-corrected chi connectivity index (χ1v) is 8.13. The molecule has 1 aromatic heterocycles. The summed E-state index contributed by atoms with van der Waals surface area (Å²) in [6.45, 7) is 0. The Bertz CT molecular complexity index is 878. The van der Waals surface area contributed by atoms with Crippen molar-refractivity contribution in [3.8, 4) is 0 Å². The molecule has 1 amide bonds. The first kappa shape index (κ1) is 16.4. The van der Waals surface area contributed by atoms with Crippen LogP contribution in [0.1, 0.15) is 27.8 Å². The fraction of sp³-hybridized carbons (Fsp3) is 0.111. The van der Waals surface area contributed by atoms with Crippen LogP contribution < -0.4 is 5.32 Å². The van der Waals surface area contributed by atoms with Crippen LogP contribution in [0.4, 0.5) is 4.39 Å². The molecule has 0 aliphatic carbocycles. The Morgan fingerprint density at radius 1 is 1.25 bits per heavy atom. The molecule has 3 aromatic rings. The zero-order valence-corrected chi connectivity index (χ0v) is 14.5. The molecule has 24 heavy (non-hydrogen) atoms. The highest BCUT2D eigenvalue weighted by Gasteiger charge is 2.22. The first-order chi connectivity index (χ1) is 11.6. The van der Waals surface area contributed by atoms with Gasteiger partial charge in [0.15, 0.2) is 0 Å². The van der Waals surface area contributed by atoms with Crippen LogP contribution in [0.5, 0.6) is 0 Å². The van der Waals surface area contributed by atoms with Crippen molar-refractivity contribution in [2.75, 3.05) is 0 Å². The summed E-state index contributed by atoms with van der Waals surface area (Å²) >= 11 is 3.38. The number of hydrogen-bond acceptors (Lipinski definition) is 2. The maximum Gasteiger partial charge on any atom is 0.253 e. The van der Waals surface area contributed by atoms with Crippen molar-refractivity contribution in [1.82, 2.24) is 14.9 Å². The summed E-state index contributed by atoms with van der Waals surface area (Å²) in [7, 11) is 1.83. The van der Waals surface area contributed by atoms with E-state index in [1.807, 2.05) is 13.1 Å². The SMILES string of the molecule is Cn1ccnc1[C@H](NC(=O)c1ccccc1Br)c1cccc(F)c1. The minimum absolute atomic E-state index is 0.264. The van der Waals surface area contributed by atoms with E-state index in [4.69, 9.17) is 0 Å². The van der Waals surface area contributed by atoms with Gasteiger partial charge in [0.25, 0.3) is 5.91 Å². The van der Waals surface area contributed by atoms with E-state index >= 15 is 0 Å². The van der Waals surface area contributed by atoms with Crippen molar-refractivity contribution >= 4 is 21.8 Å². The number of carbonyl (C=O) groups is 1. The lowest BCUT2D eigenvalue weighted by molar-refractivity contribution is 0.0940. The molecule has 1 atom stereocenters. The molecule has 2 aromatic carbocycles. The number of carbonyl (C=O) groups excluding carboxylic acids is 1. The summed E-state index contributed by atoms with van der Waals surface area (Å²) in [5.41, 5.74) is 1.14. The van der Waals surface area contributed by atoms with Crippen molar-refractivity contribution < 1.29 is 9.18 Å². The maximum absolute atomic E-state index is 13.6. The summed E-state index contributed by atoms with van der Waals surface area (Å²) in [5, 5.41) is 2.94. The monoisotopic (exact) mass is 387 g/mol. The molecule has 1 heterocycles. The Labute approximate surface area is 147 Å². The number of aryl methyl sites for hydroxylation is 1. The van der Waals surface area contributed by atoms with Crippen LogP contribution >= 0.6 is 15.9 Å². The summed E-state index contributed by atoms with van der Waals surface area (Å²) in [4.78, 5) is 17.0. The van der Waals surface area contributed by atoms with Crippen LogP contribution in [0.15, 0.2) is 65.4 Å². The number of rotatable bonds is 4. The third-order valence-corrected chi connectivity index (χ3v) is 4.38. The number of nitrogens with one attached hydrogen (secondary N) is 1. The second-order valence-electron chi connectivity index (χ2n) is 5.34. The van der Waals surface area contributed by atoms with E-state index < -0.39 is 6.04 Å². The smallest absolute Gasteiger partial charge is 0.253 e. The second kappa shape index (κ2) is 6.97. The number of benzene rings is 2. The van der Waals surface area contributed by atoms with E-state index in [1.165, 1.54) is 12.1 Å². The summed E-state index contributed by atoms with van der Waals surface area (Å²) < 4.78 is 16.1. The molecule has 1 N–H and O–H groups in total. The van der Waals surface area contributed by atoms with E-state index in [9.17, 15) is 9.18 Å². The Hall–Kier alpha value is -2.47. The third-order valence-electron chi connectivity index (χ3n) is 3.69. The topological polar surface area (TPSA) is 46.9 Å². The fourth-order valence-electron chi connectivity index (χ4n) is 2.49. The number of hydrogen-bond donors (Lipinski definition) is 1. The molecule has 0 saturated heterocycles. The number of aromatic nitrogens is 2. The Morgan fingerprint density at radius 2 is 2.04 bits per heavy atom. The van der Waals surface area contributed by atoms with Gasteiger partial charge in [0.2, 0.25) is 0 Å². The number of nitrogens with zero attached hydrogens (tertiary/aromatic N) is 2. The standard InChI is InChI=1S/C18H15BrFN3O/c1-23-10-9-21-17(23)16(12-5-4-6-13(20)11-12)22-18(24)14-7-2-3-8-15(14)19/h2-11,16H,1H3,(H,22,24)/t16-/m1/s1. The fourth-order valence-corrected chi connectivity index (χ4v) is 2.96. The highest BCUT2D eigenvalue weighted by Crippen LogP contribution is 2.23. The quantitative estimate of drug-likeness (QED) is 0.738. The van der Waals surface area contributed by atoms with Gasteiger partial charge >= 0.3 is 0 Å². The largest absolute Gasteiger partial charge is 0.338 e. The average Bonchev–Trinajstić information content (AvgIpc) is 2.98. The minimum Gasteiger partial charge on any atom is -0.338 e. The molecule has 0 unspecified atom stereocenters. The molecule has 0 bridgehead atoms. The summed E-state index contributed by atoms with van der Waals surface area (Å²) in [6, 6.07) is 12.7. The van der Waals surface area contributed by atoms with Gasteiger partial charge in [-0.05, 0) is 45.8 Å². The lowest BCUT2D eigenvalue weighted by atomic mass is 10.0. The lowest BCUT2D eigenvalue weighted by Gasteiger charge is -2.19. The van der Waals surface area contributed by atoms with Crippen LogP contribution in [0, 0.1) is 5.82 Å². The Morgan fingerprint density at radius 3 is 2.71 bits per heavy atom. The van der Waals surface area contributed by atoms with Crippen LogP contribution in [-0.4, -0.2) is 15.5 Å². The van der Waals surface area contributed by atoms with Gasteiger partial charge in [-0.1, -0.05) is 24.3 Å². The van der Waals surface area contributed by atoms with Gasteiger partial charge in [-0.15, -0.1) is 0 Å². The molecule has 0 spiro atoms. The number of halogens is 2. The normalized spacial score (nSPS) is 12.0. The van der Waals surface area contributed by atoms with Crippen molar-refractivity contribution in [2.24, 2.45) is 7.05 Å². The average molecular weight is 388 g/mol. The maximum atomic E-state index is 13.6. The van der Waals surface area contributed by atoms with Crippen LogP contribution in [0.3, 0.4) is 0 Å². The molecule has 3 rings (SSSR count). The molecule has 6 heteroatoms. The second-order valence-corrected chi connectivity index (χ2v) is 6.19. The van der Waals surface area contributed by atoms with Crippen molar-refractivity contribution in [3.05, 3.63) is 88.2 Å². The van der Waals surface area contributed by atoms with E-state index in [0.717, 1.165) is 0 Å². The molecule has 0 radical (unpaired) electrons. The van der Waals surface area contributed by atoms with Gasteiger partial charge in [-0.3, -0.25) is 4.79 Å². The van der Waals surface area contributed by atoms with E-state index in [0.29, 0.717) is 21.4 Å². The minimum atomic E-state index is -0.555. The zero-order valence-electron chi connectivity index (χ0n) is 12.9. The molecule has 0 aliphatic rings. The van der Waals surface area contributed by atoms with Crippen molar-refractivity contribution in [3.63, 3.8) is 0 Å². The predicted molar refractivity (Wildman–Crippen MR) is 93.1 cm³/mol. The molecular weight excluding hydrogens is 373 g/mol. The third kappa shape index (κ3) is 3.38. The predicted octanol–water partition coefficient (Wildman–Crippen LogP) is 3.84. The van der Waals surface area contributed by atoms with E-state index in [1.54, 1.807) is 47.3 Å². The lowest BCUT2D eigenvalue weighted by Crippen LogP contribution is -2.31. The van der Waals surface area contributed by atoms with Gasteiger partial charge in [-0.2, -0.15) is 0 Å². The van der Waals surface area contributed by atoms with Gasteiger partial charge < -0.3 is 9.88 Å². The van der Waals surface area contributed by atoms with Crippen molar-refractivity contribution in [2.45, 2.75) is 6.04 Å². The summed E-state index contributed by atoms with van der Waals surface area (Å²) in [6.07, 6.45) is 3.43. The zero-order chi connectivity index (χ0) is 17.1. The summed E-state index contributed by atoms with van der Waals surface area (Å²) in [5.74, 6) is 0.00240. The first-order valence-electron chi connectivity index (χ1n) is 7.34.